The predicted octanol–water partition coefficient (Wildman–Crippen LogP) is 4.08. The number of hydrogen-bond acceptors (Lipinski definition) is 4. The molecule has 0 bridgehead atoms. The van der Waals surface area contributed by atoms with Gasteiger partial charge in [0.2, 0.25) is 0 Å². The zero-order valence-corrected chi connectivity index (χ0v) is 15.6. The topological polar surface area (TPSA) is 50.8 Å². The minimum atomic E-state index is -0.277. The van der Waals surface area contributed by atoms with E-state index < -0.39 is 0 Å². The van der Waals surface area contributed by atoms with Crippen molar-refractivity contribution in [1.82, 2.24) is 4.90 Å². The maximum atomic E-state index is 13.1. The summed E-state index contributed by atoms with van der Waals surface area (Å²) in [7, 11) is 0. The molecule has 1 atom stereocenters. The summed E-state index contributed by atoms with van der Waals surface area (Å²) in [4.78, 5) is 14.9. The Kier molecular flexibility index (Phi) is 5.78. The number of rotatable bonds is 7. The van der Waals surface area contributed by atoms with Gasteiger partial charge in [-0.25, -0.2) is 0 Å². The maximum absolute atomic E-state index is 13.1. The summed E-state index contributed by atoms with van der Waals surface area (Å²) >= 11 is 0. The fourth-order valence-corrected chi connectivity index (χ4v) is 3.22. The van der Waals surface area contributed by atoms with Crippen molar-refractivity contribution >= 4 is 11.6 Å². The van der Waals surface area contributed by atoms with Crippen molar-refractivity contribution in [2.75, 3.05) is 25.1 Å². The molecule has 2 aromatic carbocycles. The molecule has 1 heterocycles. The fraction of sp³-hybridized carbons (Fsp3) is 0.381. The van der Waals surface area contributed by atoms with E-state index in [4.69, 9.17) is 9.47 Å². The van der Waals surface area contributed by atoms with Crippen molar-refractivity contribution < 1.29 is 14.3 Å². The number of ether oxygens (including phenoxy) is 2. The van der Waals surface area contributed by atoms with Gasteiger partial charge in [-0.2, -0.15) is 0 Å². The summed E-state index contributed by atoms with van der Waals surface area (Å²) in [6.45, 7) is 7.70. The van der Waals surface area contributed by atoms with Crippen LogP contribution in [0.5, 0.6) is 5.75 Å². The van der Waals surface area contributed by atoms with Gasteiger partial charge in [0.15, 0.2) is 0 Å². The van der Waals surface area contributed by atoms with Gasteiger partial charge >= 0.3 is 0 Å². The van der Waals surface area contributed by atoms with Crippen LogP contribution in [0.1, 0.15) is 42.9 Å². The zero-order valence-electron chi connectivity index (χ0n) is 15.6. The highest BCUT2D eigenvalue weighted by molar-refractivity contribution is 6.01. The van der Waals surface area contributed by atoms with Crippen LogP contribution < -0.4 is 10.1 Å². The first-order valence-electron chi connectivity index (χ1n) is 9.11. The van der Waals surface area contributed by atoms with E-state index in [0.717, 1.165) is 17.0 Å². The molecule has 0 aliphatic carbocycles. The molecule has 1 amide bonds. The third-order valence-electron chi connectivity index (χ3n) is 4.42. The Morgan fingerprint density at radius 3 is 2.58 bits per heavy atom. The molecule has 0 radical (unpaired) electrons. The van der Waals surface area contributed by atoms with Crippen molar-refractivity contribution in [1.29, 1.82) is 0 Å². The Bertz CT molecular complexity index is 760. The average molecular weight is 354 g/mol. The van der Waals surface area contributed by atoms with Crippen LogP contribution in [0.4, 0.5) is 5.69 Å². The van der Waals surface area contributed by atoms with Gasteiger partial charge in [0.1, 0.15) is 18.5 Å². The lowest BCUT2D eigenvalue weighted by molar-refractivity contribution is 0.0611. The molecule has 3 rings (SSSR count). The molecule has 1 aliphatic heterocycles. The predicted molar refractivity (Wildman–Crippen MR) is 103 cm³/mol. The first kappa shape index (κ1) is 18.3. The number of para-hydroxylation sites is 2. The Hall–Kier alpha value is -2.53. The first-order chi connectivity index (χ1) is 12.6. The molecule has 138 valence electrons. The van der Waals surface area contributed by atoms with Gasteiger partial charge in [-0.1, -0.05) is 30.3 Å². The lowest BCUT2D eigenvalue weighted by atomic mass is 10.0. The molecule has 2 aromatic rings. The van der Waals surface area contributed by atoms with E-state index in [-0.39, 0.29) is 18.1 Å². The average Bonchev–Trinajstić information content (AvgIpc) is 2.65. The number of amides is 1. The monoisotopic (exact) mass is 354 g/mol. The molecule has 5 nitrogen and oxygen atoms in total. The smallest absolute Gasteiger partial charge is 0.258 e. The van der Waals surface area contributed by atoms with E-state index in [9.17, 15) is 4.79 Å². The standard InChI is InChI=1S/C21H26N2O3/c1-4-25-13-14-26-19-12-8-6-10-17(19)20-22-18-11-7-5-9-16(18)21(24)23(20)15(2)3/h5-12,15,20,22H,4,13-14H2,1-3H3. The Morgan fingerprint density at radius 2 is 1.81 bits per heavy atom. The summed E-state index contributed by atoms with van der Waals surface area (Å²) < 4.78 is 11.3. The highest BCUT2D eigenvalue weighted by Crippen LogP contribution is 2.37. The zero-order chi connectivity index (χ0) is 18.5. The number of benzene rings is 2. The van der Waals surface area contributed by atoms with Crippen molar-refractivity contribution in [2.45, 2.75) is 33.0 Å². The number of anilines is 1. The fourth-order valence-electron chi connectivity index (χ4n) is 3.22. The van der Waals surface area contributed by atoms with Crippen LogP contribution in [0, 0.1) is 0 Å². The molecule has 1 unspecified atom stereocenters. The SMILES string of the molecule is CCOCCOc1ccccc1C1Nc2ccccc2C(=O)N1C(C)C. The molecule has 0 aromatic heterocycles. The molecule has 26 heavy (non-hydrogen) atoms. The second-order valence-corrected chi connectivity index (χ2v) is 6.48. The lowest BCUT2D eigenvalue weighted by Crippen LogP contribution is -2.46. The maximum Gasteiger partial charge on any atom is 0.258 e. The van der Waals surface area contributed by atoms with E-state index in [1.165, 1.54) is 0 Å². The second kappa shape index (κ2) is 8.23. The van der Waals surface area contributed by atoms with Gasteiger partial charge in [0.25, 0.3) is 5.91 Å². The quantitative estimate of drug-likeness (QED) is 0.761. The number of hydrogen-bond donors (Lipinski definition) is 1. The van der Waals surface area contributed by atoms with Crippen molar-refractivity contribution in [3.05, 3.63) is 59.7 Å². The molecular weight excluding hydrogens is 328 g/mol. The summed E-state index contributed by atoms with van der Waals surface area (Å²) in [6.07, 6.45) is -0.277. The van der Waals surface area contributed by atoms with Gasteiger partial charge in [0, 0.05) is 23.9 Å². The Morgan fingerprint density at radius 1 is 1.08 bits per heavy atom. The molecular formula is C21H26N2O3. The number of fused-ring (bicyclic) bond motifs is 1. The second-order valence-electron chi connectivity index (χ2n) is 6.48. The highest BCUT2D eigenvalue weighted by atomic mass is 16.5. The van der Waals surface area contributed by atoms with Crippen molar-refractivity contribution in [3.63, 3.8) is 0 Å². The summed E-state index contributed by atoms with van der Waals surface area (Å²) in [5.74, 6) is 0.797. The molecule has 0 saturated carbocycles. The molecule has 0 saturated heterocycles. The van der Waals surface area contributed by atoms with E-state index in [1.54, 1.807) is 0 Å². The summed E-state index contributed by atoms with van der Waals surface area (Å²) in [5, 5.41) is 3.51. The van der Waals surface area contributed by atoms with Crippen molar-refractivity contribution in [3.8, 4) is 5.75 Å². The summed E-state index contributed by atoms with van der Waals surface area (Å²) in [5.41, 5.74) is 2.50. The summed E-state index contributed by atoms with van der Waals surface area (Å²) in [6, 6.07) is 15.5. The highest BCUT2D eigenvalue weighted by Gasteiger charge is 2.35. The third-order valence-corrected chi connectivity index (χ3v) is 4.42. The molecule has 1 N–H and O–H groups in total. The lowest BCUT2D eigenvalue weighted by Gasteiger charge is -2.41. The minimum absolute atomic E-state index is 0.0310. The van der Waals surface area contributed by atoms with Crippen LogP contribution in [0.3, 0.4) is 0 Å². The van der Waals surface area contributed by atoms with Gasteiger partial charge < -0.3 is 19.7 Å². The van der Waals surface area contributed by atoms with E-state index >= 15 is 0 Å². The molecule has 0 spiro atoms. The van der Waals surface area contributed by atoms with E-state index in [1.807, 2.05) is 74.2 Å². The van der Waals surface area contributed by atoms with Crippen LogP contribution in [-0.2, 0) is 4.74 Å². The number of carbonyl (C=O) groups excluding carboxylic acids is 1. The minimum Gasteiger partial charge on any atom is -0.491 e. The number of nitrogens with one attached hydrogen (secondary N) is 1. The Labute approximate surface area is 154 Å². The molecule has 0 fully saturated rings. The van der Waals surface area contributed by atoms with Crippen LogP contribution >= 0.6 is 0 Å². The number of carbonyl (C=O) groups is 1. The van der Waals surface area contributed by atoms with E-state index in [0.29, 0.717) is 25.4 Å². The molecule has 1 aliphatic rings. The van der Waals surface area contributed by atoms with Gasteiger partial charge in [0.05, 0.1) is 12.2 Å². The van der Waals surface area contributed by atoms with E-state index in [2.05, 4.69) is 5.32 Å². The third kappa shape index (κ3) is 3.68. The van der Waals surface area contributed by atoms with Crippen LogP contribution in [0.2, 0.25) is 0 Å². The number of nitrogens with zero attached hydrogens (tertiary/aromatic N) is 1. The first-order valence-corrected chi connectivity index (χ1v) is 9.11. The Balaban J connectivity index is 1.93. The normalized spacial score (nSPS) is 16.4. The van der Waals surface area contributed by atoms with Gasteiger partial charge in [-0.05, 0) is 39.0 Å². The van der Waals surface area contributed by atoms with Crippen LogP contribution in [0.15, 0.2) is 48.5 Å². The molecule has 5 heteroatoms. The largest absolute Gasteiger partial charge is 0.491 e. The van der Waals surface area contributed by atoms with Crippen LogP contribution in [0.25, 0.3) is 0 Å². The van der Waals surface area contributed by atoms with Crippen molar-refractivity contribution in [2.24, 2.45) is 0 Å². The van der Waals surface area contributed by atoms with Crippen LogP contribution in [-0.4, -0.2) is 36.7 Å². The van der Waals surface area contributed by atoms with Gasteiger partial charge in [-0.15, -0.1) is 0 Å². The van der Waals surface area contributed by atoms with Gasteiger partial charge in [-0.3, -0.25) is 4.79 Å².